The third kappa shape index (κ3) is 3.11. The van der Waals surface area contributed by atoms with Gasteiger partial charge in [0.2, 0.25) is 0 Å². The molecule has 0 unspecified atom stereocenters. The second-order valence-corrected chi connectivity index (χ2v) is 6.41. The van der Waals surface area contributed by atoms with Gasteiger partial charge in [-0.05, 0) is 30.9 Å². The summed E-state index contributed by atoms with van der Waals surface area (Å²) in [6.45, 7) is 2.38. The molecule has 1 saturated heterocycles. The van der Waals surface area contributed by atoms with E-state index in [9.17, 15) is 9.90 Å². The van der Waals surface area contributed by atoms with E-state index < -0.39 is 0 Å². The molecular weight excluding hydrogens is 264 g/mol. The summed E-state index contributed by atoms with van der Waals surface area (Å²) in [5, 5.41) is 9.44. The van der Waals surface area contributed by atoms with E-state index in [1.165, 1.54) is 19.3 Å². The molecule has 1 saturated carbocycles. The van der Waals surface area contributed by atoms with Gasteiger partial charge >= 0.3 is 0 Å². The fourth-order valence-electron chi connectivity index (χ4n) is 3.30. The highest BCUT2D eigenvalue weighted by molar-refractivity contribution is 5.94. The largest absolute Gasteiger partial charge is 0.390 e. The number of likely N-dealkylation sites (N-methyl/N-ethyl adjacent to an activating group) is 1. The topological polar surface area (TPSA) is 43.8 Å². The second-order valence-electron chi connectivity index (χ2n) is 6.41. The molecule has 0 bridgehead atoms. The molecule has 4 nitrogen and oxygen atoms in total. The van der Waals surface area contributed by atoms with Crippen LogP contribution in [-0.4, -0.2) is 59.6 Å². The average Bonchev–Trinajstić information content (AvgIpc) is 2.42. The number of hydrogen-bond acceptors (Lipinski definition) is 3. The van der Waals surface area contributed by atoms with Crippen LogP contribution in [0, 0.1) is 5.92 Å². The summed E-state index contributed by atoms with van der Waals surface area (Å²) in [5.41, 5.74) is 0.757. The van der Waals surface area contributed by atoms with Crippen LogP contribution in [0.15, 0.2) is 30.3 Å². The van der Waals surface area contributed by atoms with Crippen molar-refractivity contribution in [2.75, 3.05) is 26.7 Å². The van der Waals surface area contributed by atoms with E-state index in [0.29, 0.717) is 5.92 Å². The summed E-state index contributed by atoms with van der Waals surface area (Å²) in [7, 11) is 1.93. The van der Waals surface area contributed by atoms with Crippen LogP contribution in [0.4, 0.5) is 0 Å². The van der Waals surface area contributed by atoms with Crippen LogP contribution in [-0.2, 0) is 0 Å². The molecule has 1 N–H and O–H groups in total. The van der Waals surface area contributed by atoms with Crippen molar-refractivity contribution in [2.45, 2.75) is 31.4 Å². The first-order valence-electron chi connectivity index (χ1n) is 7.88. The lowest BCUT2D eigenvalue weighted by Crippen LogP contribution is -2.58. The number of β-amino-alcohol motifs (C(OH)–C–C–N with tert-alkyl or cyclic N) is 1. The minimum Gasteiger partial charge on any atom is -0.390 e. The van der Waals surface area contributed by atoms with Gasteiger partial charge in [-0.25, -0.2) is 0 Å². The van der Waals surface area contributed by atoms with E-state index in [-0.39, 0.29) is 18.1 Å². The Bertz CT molecular complexity index is 481. The predicted molar refractivity (Wildman–Crippen MR) is 82.1 cm³/mol. The number of benzene rings is 1. The van der Waals surface area contributed by atoms with Crippen LogP contribution in [0.3, 0.4) is 0 Å². The highest BCUT2D eigenvalue weighted by Gasteiger charge is 2.36. The SMILES string of the molecule is CN(C(=O)c1ccccc1)[C@@H](CN1CC(O)C1)C1CCC1. The minimum absolute atomic E-state index is 0.105. The third-order valence-electron chi connectivity index (χ3n) is 4.92. The van der Waals surface area contributed by atoms with E-state index >= 15 is 0 Å². The van der Waals surface area contributed by atoms with Gasteiger partial charge in [0.05, 0.1) is 6.10 Å². The first-order valence-corrected chi connectivity index (χ1v) is 7.88. The van der Waals surface area contributed by atoms with Crippen LogP contribution in [0.1, 0.15) is 29.6 Å². The summed E-state index contributed by atoms with van der Waals surface area (Å²) in [4.78, 5) is 16.8. The predicted octanol–water partition coefficient (Wildman–Crippen LogP) is 1.60. The number of amides is 1. The highest BCUT2D eigenvalue weighted by atomic mass is 16.3. The van der Waals surface area contributed by atoms with E-state index in [2.05, 4.69) is 4.90 Å². The summed E-state index contributed by atoms with van der Waals surface area (Å²) in [6, 6.07) is 9.77. The van der Waals surface area contributed by atoms with E-state index in [4.69, 9.17) is 0 Å². The first kappa shape index (κ1) is 14.5. The van der Waals surface area contributed by atoms with Crippen LogP contribution in [0.5, 0.6) is 0 Å². The number of aliphatic hydroxyl groups excluding tert-OH is 1. The fourth-order valence-corrected chi connectivity index (χ4v) is 3.30. The molecule has 1 aromatic rings. The average molecular weight is 288 g/mol. The van der Waals surface area contributed by atoms with Crippen LogP contribution in [0.25, 0.3) is 0 Å². The van der Waals surface area contributed by atoms with Gasteiger partial charge in [-0.15, -0.1) is 0 Å². The molecular formula is C17H24N2O2. The van der Waals surface area contributed by atoms with Gasteiger partial charge in [0, 0.05) is 38.3 Å². The molecule has 114 valence electrons. The van der Waals surface area contributed by atoms with E-state index in [1.807, 2.05) is 42.3 Å². The lowest BCUT2D eigenvalue weighted by molar-refractivity contribution is -0.0223. The first-order chi connectivity index (χ1) is 10.1. The Balaban J connectivity index is 1.68. The lowest BCUT2D eigenvalue weighted by Gasteiger charge is -2.45. The van der Waals surface area contributed by atoms with Gasteiger partial charge in [0.15, 0.2) is 0 Å². The Labute approximate surface area is 126 Å². The van der Waals surface area contributed by atoms with Crippen LogP contribution in [0.2, 0.25) is 0 Å². The molecule has 0 spiro atoms. The van der Waals surface area contributed by atoms with Crippen molar-refractivity contribution in [3.63, 3.8) is 0 Å². The third-order valence-corrected chi connectivity index (χ3v) is 4.92. The number of carbonyl (C=O) groups excluding carboxylic acids is 1. The standard InChI is InChI=1S/C17H24N2O2/c1-18(17(21)14-6-3-2-4-7-14)16(13-8-5-9-13)12-19-10-15(20)11-19/h2-4,6-7,13,15-16,20H,5,8-12H2,1H3/t16-/m0/s1. The summed E-state index contributed by atoms with van der Waals surface area (Å²) >= 11 is 0. The molecule has 1 amide bonds. The maximum absolute atomic E-state index is 12.6. The Hall–Kier alpha value is -1.39. The molecule has 0 radical (unpaired) electrons. The molecule has 1 aliphatic heterocycles. The molecule has 3 rings (SSSR count). The molecule has 1 aliphatic carbocycles. The van der Waals surface area contributed by atoms with Crippen LogP contribution < -0.4 is 0 Å². The molecule has 1 aromatic carbocycles. The van der Waals surface area contributed by atoms with Crippen molar-refractivity contribution < 1.29 is 9.90 Å². The maximum atomic E-state index is 12.6. The van der Waals surface area contributed by atoms with Crippen molar-refractivity contribution in [1.29, 1.82) is 0 Å². The van der Waals surface area contributed by atoms with Crippen molar-refractivity contribution in [3.05, 3.63) is 35.9 Å². The van der Waals surface area contributed by atoms with Gasteiger partial charge in [0.25, 0.3) is 5.91 Å². The Morgan fingerprint density at radius 1 is 1.33 bits per heavy atom. The molecule has 4 heteroatoms. The normalized spacial score (nSPS) is 21.4. The van der Waals surface area contributed by atoms with Gasteiger partial charge in [-0.3, -0.25) is 9.69 Å². The zero-order chi connectivity index (χ0) is 14.8. The monoisotopic (exact) mass is 288 g/mol. The van der Waals surface area contributed by atoms with E-state index in [1.54, 1.807) is 0 Å². The lowest BCUT2D eigenvalue weighted by atomic mass is 9.78. The van der Waals surface area contributed by atoms with Gasteiger partial charge in [-0.1, -0.05) is 24.6 Å². The van der Waals surface area contributed by atoms with Crippen LogP contribution >= 0.6 is 0 Å². The molecule has 21 heavy (non-hydrogen) atoms. The molecule has 1 heterocycles. The Morgan fingerprint density at radius 2 is 2.00 bits per heavy atom. The number of aliphatic hydroxyl groups is 1. The Morgan fingerprint density at radius 3 is 2.52 bits per heavy atom. The summed E-state index contributed by atoms with van der Waals surface area (Å²) in [6.07, 6.45) is 3.53. The number of hydrogen-bond donors (Lipinski definition) is 1. The summed E-state index contributed by atoms with van der Waals surface area (Å²) < 4.78 is 0. The molecule has 1 atom stereocenters. The van der Waals surface area contributed by atoms with E-state index in [0.717, 1.165) is 25.2 Å². The number of rotatable bonds is 5. The van der Waals surface area contributed by atoms with Crippen molar-refractivity contribution in [2.24, 2.45) is 5.92 Å². The van der Waals surface area contributed by atoms with Gasteiger partial charge < -0.3 is 10.0 Å². The zero-order valence-electron chi connectivity index (χ0n) is 12.6. The van der Waals surface area contributed by atoms with Crippen molar-refractivity contribution >= 4 is 5.91 Å². The zero-order valence-corrected chi connectivity index (χ0v) is 12.6. The second kappa shape index (κ2) is 6.16. The fraction of sp³-hybridized carbons (Fsp3) is 0.588. The molecule has 2 fully saturated rings. The number of nitrogens with zero attached hydrogens (tertiary/aromatic N) is 2. The quantitative estimate of drug-likeness (QED) is 0.895. The smallest absolute Gasteiger partial charge is 0.253 e. The van der Waals surface area contributed by atoms with Gasteiger partial charge in [-0.2, -0.15) is 0 Å². The maximum Gasteiger partial charge on any atom is 0.253 e. The Kier molecular flexibility index (Phi) is 4.27. The van der Waals surface area contributed by atoms with Crippen molar-refractivity contribution in [1.82, 2.24) is 9.80 Å². The van der Waals surface area contributed by atoms with Crippen molar-refractivity contribution in [3.8, 4) is 0 Å². The summed E-state index contributed by atoms with van der Waals surface area (Å²) in [5.74, 6) is 0.717. The minimum atomic E-state index is -0.179. The molecule has 0 aromatic heterocycles. The van der Waals surface area contributed by atoms with Gasteiger partial charge in [0.1, 0.15) is 0 Å². The molecule has 2 aliphatic rings. The number of likely N-dealkylation sites (tertiary alicyclic amines) is 1. The number of carbonyl (C=O) groups is 1. The highest BCUT2D eigenvalue weighted by Crippen LogP contribution is 2.33.